The number of nitrogens with two attached hydrogens (primary N) is 4. The second-order valence-electron chi connectivity index (χ2n) is 36.7. The molecule has 0 bridgehead atoms. The number of carbonyl (C=O) groups excluding carboxylic acids is 2. The number of nitrogens with zero attached hydrogens (tertiary/aromatic N) is 8. The molecule has 12 N–H and O–H groups in total. The third kappa shape index (κ3) is 28.4. The Kier molecular flexibility index (Phi) is 44.8. The predicted molar refractivity (Wildman–Crippen MR) is 579 cm³/mol. The molecule has 0 amide bonds. The van der Waals surface area contributed by atoms with Crippen LogP contribution in [0.15, 0.2) is 121 Å². The summed E-state index contributed by atoms with van der Waals surface area (Å²) in [6, 6.07) is 31.9. The summed E-state index contributed by atoms with van der Waals surface area (Å²) in [6.45, 7) is 11.1. The SMILES string of the molecule is C.C.C.C.CCN[C@H](CC(=O)C1CCC(c2nc(N)c3cc(OC)c(OC)c(F)c3n2)CC1)c1ccc(F)cc1.CCN[C@H](CC(=O)C1CCC(c2nc(N)c3cc(OC)c(OC)c(F)c3n2)CC1)c1ccc(F)cc1.CCN[C@H](CC(=S)C1CCC(c2nc(N)c3cc(OC)c(OC)c(F)c3n2)CC1)c1ccc(F)cc1.CCN[C@H](CC(=S)C1CCC(c2nc(N)c3cc(OC)c(OC)c(F)c3n2)CC1)c1ccc(F)cc1. The lowest BCUT2D eigenvalue weighted by atomic mass is 9.78. The van der Waals surface area contributed by atoms with Gasteiger partial charge < -0.3 is 82.1 Å². The van der Waals surface area contributed by atoms with Crippen molar-refractivity contribution in [3.8, 4) is 46.0 Å². The first-order valence-electron chi connectivity index (χ1n) is 49.0. The number of ketones is 2. The van der Waals surface area contributed by atoms with Crippen LogP contribution < -0.4 is 82.1 Å². The highest BCUT2D eigenvalue weighted by atomic mass is 32.1. The lowest BCUT2D eigenvalue weighted by Crippen LogP contribution is -2.28. The van der Waals surface area contributed by atoms with E-state index in [0.29, 0.717) is 134 Å². The maximum atomic E-state index is 15.2. The molecule has 4 fully saturated rings. The van der Waals surface area contributed by atoms with Crippen LogP contribution in [0.1, 0.15) is 279 Å². The molecule has 4 saturated carbocycles. The van der Waals surface area contributed by atoms with Gasteiger partial charge in [-0.1, -0.05) is 130 Å². The molecule has 0 aliphatic heterocycles. The van der Waals surface area contributed by atoms with Crippen molar-refractivity contribution in [1.82, 2.24) is 61.1 Å². The fourth-order valence-corrected chi connectivity index (χ4v) is 21.0. The fourth-order valence-electron chi connectivity index (χ4n) is 20.2. The number of fused-ring (bicyclic) bond motifs is 4. The van der Waals surface area contributed by atoms with Gasteiger partial charge in [-0.15, -0.1) is 0 Å². The minimum atomic E-state index is -0.638. The number of hydrogen-bond donors (Lipinski definition) is 8. The zero-order chi connectivity index (χ0) is 103. The Morgan fingerprint density at radius 2 is 0.486 bits per heavy atom. The van der Waals surface area contributed by atoms with Crippen molar-refractivity contribution in [2.45, 2.75) is 234 Å². The van der Waals surface area contributed by atoms with Crippen molar-refractivity contribution in [2.24, 2.45) is 23.7 Å². The Hall–Kier alpha value is -12.5. The molecule has 148 heavy (non-hydrogen) atoms. The van der Waals surface area contributed by atoms with Crippen LogP contribution in [0.3, 0.4) is 0 Å². The standard InChI is InChI=1S/2C27H32F2N4O3.2C27H32F2N4O2S.4CH4/c2*1-4-31-20(15-9-11-18(28)12-10-15)14-21(34)16-5-7-17(8-6-16)27-32-24-19(26(30)33-27)13-22(35-2)25(36-3)23(24)29;2*1-4-31-20(15-9-11-18(28)12-10-15)14-22(36)16-5-7-17(8-6-16)27-32-24-19(26(30)33-27)13-21(34-2)25(35-3)23(24)29;;;;/h4*9-13,16-17,20,31H,4-8,14H2,1-3H3,(H2,30,32,33);4*1H4/t4*16?,17?,20-;;;;/m1111..../s1. The number of Topliss-reactive ketones (excluding diaryl/α,β-unsaturated/α-hetero) is 2. The summed E-state index contributed by atoms with van der Waals surface area (Å²) in [6.07, 6.45) is 14.7. The quantitative estimate of drug-likeness (QED) is 0.0134. The number of carbonyl (C=O) groups is 2. The second-order valence-corrected chi connectivity index (χ2v) is 37.7. The number of hydrogen-bond acceptors (Lipinski definition) is 28. The zero-order valence-electron chi connectivity index (χ0n) is 83.3. The number of halogens is 8. The van der Waals surface area contributed by atoms with Crippen LogP contribution in [0.4, 0.5) is 58.4 Å². The Morgan fingerprint density at radius 1 is 0.297 bits per heavy atom. The average molecular weight is 2090 g/mol. The van der Waals surface area contributed by atoms with Gasteiger partial charge in [0.2, 0.25) is 0 Å². The van der Waals surface area contributed by atoms with Gasteiger partial charge >= 0.3 is 0 Å². The third-order valence-electron chi connectivity index (χ3n) is 28.0. The summed E-state index contributed by atoms with van der Waals surface area (Å²) in [5, 5.41) is 15.2. The molecule has 800 valence electrons. The monoisotopic (exact) mass is 2090 g/mol. The molecule has 4 heterocycles. The molecule has 4 aliphatic rings. The topological polar surface area (TPSA) is 363 Å². The van der Waals surface area contributed by atoms with E-state index in [0.717, 1.165) is 109 Å². The molecule has 0 radical (unpaired) electrons. The maximum absolute atomic E-state index is 15.2. The molecule has 4 atom stereocenters. The number of benzene rings is 8. The minimum Gasteiger partial charge on any atom is -0.493 e. The Labute approximate surface area is 874 Å². The summed E-state index contributed by atoms with van der Waals surface area (Å²) in [4.78, 5) is 64.4. The number of aromatic nitrogens is 8. The number of methoxy groups -OCH3 is 8. The lowest BCUT2D eigenvalue weighted by molar-refractivity contribution is -0.125. The molecule has 0 unspecified atom stereocenters. The van der Waals surface area contributed by atoms with E-state index in [1.54, 1.807) is 48.5 Å². The number of nitrogen functional groups attached to an aromatic ring is 4. The van der Waals surface area contributed by atoms with Gasteiger partial charge in [0.15, 0.2) is 69.3 Å². The van der Waals surface area contributed by atoms with Crippen LogP contribution in [0.25, 0.3) is 43.6 Å². The third-order valence-corrected chi connectivity index (χ3v) is 29.0. The fraction of sp³-hybridized carbons (Fsp3) is 0.464. The summed E-state index contributed by atoms with van der Waals surface area (Å²) < 4.78 is 156. The van der Waals surface area contributed by atoms with Gasteiger partial charge in [0.1, 0.15) is 103 Å². The first-order chi connectivity index (χ1) is 69.4. The van der Waals surface area contributed by atoms with Gasteiger partial charge in [0.25, 0.3) is 0 Å². The van der Waals surface area contributed by atoms with Crippen LogP contribution in [0.5, 0.6) is 46.0 Å². The number of nitrogens with one attached hydrogen (secondary N) is 4. The van der Waals surface area contributed by atoms with E-state index in [2.05, 4.69) is 75.0 Å². The largest absolute Gasteiger partial charge is 0.493 e. The Balaban J connectivity index is 0.000000217. The Bertz CT molecular complexity index is 5690. The molecular weight excluding hydrogens is 1950 g/mol. The maximum Gasteiger partial charge on any atom is 0.199 e. The highest BCUT2D eigenvalue weighted by molar-refractivity contribution is 7.80. The first-order valence-corrected chi connectivity index (χ1v) is 49.8. The predicted octanol–water partition coefficient (Wildman–Crippen LogP) is 24.5. The van der Waals surface area contributed by atoms with Crippen molar-refractivity contribution in [3.05, 3.63) is 213 Å². The molecule has 16 rings (SSSR count). The molecular formula is C112H144F8N16O10S2. The van der Waals surface area contributed by atoms with Crippen LogP contribution in [-0.2, 0) is 9.59 Å². The second kappa shape index (κ2) is 55.7. The zero-order valence-corrected chi connectivity index (χ0v) is 84.9. The number of thiocarbonyl (C=S) groups is 2. The molecule has 4 aliphatic carbocycles. The summed E-state index contributed by atoms with van der Waals surface area (Å²) in [7, 11) is 11.2. The minimum absolute atomic E-state index is 0. The molecule has 8 aromatic carbocycles. The normalized spacial score (nSPS) is 18.2. The number of anilines is 4. The van der Waals surface area contributed by atoms with E-state index >= 15 is 17.6 Å². The first kappa shape index (κ1) is 119. The smallest absolute Gasteiger partial charge is 0.199 e. The van der Waals surface area contributed by atoms with Gasteiger partial charge in [-0.25, -0.2) is 75.0 Å². The van der Waals surface area contributed by atoms with Gasteiger partial charge in [-0.05, 0) is 258 Å². The van der Waals surface area contributed by atoms with Crippen molar-refractivity contribution in [3.63, 3.8) is 0 Å². The molecule has 12 aromatic rings. The van der Waals surface area contributed by atoms with Crippen LogP contribution in [-0.4, -0.2) is 144 Å². The van der Waals surface area contributed by atoms with Gasteiger partial charge in [0, 0.05) is 94.1 Å². The van der Waals surface area contributed by atoms with Crippen molar-refractivity contribution in [2.75, 3.05) is 106 Å². The highest BCUT2D eigenvalue weighted by Crippen LogP contribution is 2.48. The van der Waals surface area contributed by atoms with Gasteiger partial charge in [-0.2, -0.15) is 0 Å². The number of rotatable bonds is 36. The van der Waals surface area contributed by atoms with Crippen molar-refractivity contribution < 1.29 is 82.6 Å². The van der Waals surface area contributed by atoms with Crippen molar-refractivity contribution in [1.29, 1.82) is 0 Å². The van der Waals surface area contributed by atoms with E-state index in [4.69, 9.17) is 85.3 Å². The molecule has 26 nitrogen and oxygen atoms in total. The number of ether oxygens (including phenoxy) is 8. The molecule has 36 heteroatoms. The van der Waals surface area contributed by atoms with E-state index in [-0.39, 0.29) is 216 Å². The van der Waals surface area contributed by atoms with Crippen LogP contribution in [0, 0.1) is 70.2 Å². The molecule has 0 spiro atoms. The molecule has 4 aromatic heterocycles. The van der Waals surface area contributed by atoms with Crippen LogP contribution >= 0.6 is 24.4 Å². The average Bonchev–Trinajstić information content (AvgIpc) is 0.776. The Morgan fingerprint density at radius 3 is 0.669 bits per heavy atom. The van der Waals surface area contributed by atoms with Gasteiger partial charge in [-0.3, -0.25) is 9.59 Å². The van der Waals surface area contributed by atoms with Crippen molar-refractivity contribution >= 4 is 113 Å². The van der Waals surface area contributed by atoms with E-state index in [1.807, 2.05) is 38.1 Å². The van der Waals surface area contributed by atoms with E-state index < -0.39 is 23.3 Å². The lowest BCUT2D eigenvalue weighted by Gasteiger charge is -2.30. The van der Waals surface area contributed by atoms with E-state index in [1.165, 1.54) is 105 Å². The van der Waals surface area contributed by atoms with Gasteiger partial charge in [0.05, 0.1) is 56.9 Å². The molecule has 0 saturated heterocycles. The summed E-state index contributed by atoms with van der Waals surface area (Å²) in [5.74, 6) is 1.13. The van der Waals surface area contributed by atoms with Crippen LogP contribution in [0.2, 0.25) is 0 Å². The summed E-state index contributed by atoms with van der Waals surface area (Å²) in [5.41, 5.74) is 29.1. The summed E-state index contributed by atoms with van der Waals surface area (Å²) >= 11 is 11.7. The highest BCUT2D eigenvalue weighted by Gasteiger charge is 2.37. The van der Waals surface area contributed by atoms with E-state index in [9.17, 15) is 27.2 Å².